The van der Waals surface area contributed by atoms with Gasteiger partial charge in [0.2, 0.25) is 11.8 Å². The number of hydrogen-bond acceptors (Lipinski definition) is 6. The Hall–Kier alpha value is -1.86. The Bertz CT molecular complexity index is 589. The fraction of sp³-hybridized carbons (Fsp3) is 0.667. The number of anilines is 1. The zero-order valence-corrected chi connectivity index (χ0v) is 15.4. The lowest BCUT2D eigenvalue weighted by Gasteiger charge is -2.37. The minimum absolute atomic E-state index is 0.0593. The molecule has 25 heavy (non-hydrogen) atoms. The lowest BCUT2D eigenvalue weighted by Crippen LogP contribution is -2.53. The maximum atomic E-state index is 12.8. The molecule has 0 unspecified atom stereocenters. The van der Waals surface area contributed by atoms with E-state index in [1.165, 1.54) is 0 Å². The molecule has 0 aliphatic carbocycles. The summed E-state index contributed by atoms with van der Waals surface area (Å²) < 4.78 is 10.9. The van der Waals surface area contributed by atoms with Crippen LogP contribution < -0.4 is 9.64 Å². The Morgan fingerprint density at radius 2 is 2.04 bits per heavy atom. The third-order valence-corrected chi connectivity index (χ3v) is 5.04. The second-order valence-electron chi connectivity index (χ2n) is 6.63. The molecule has 7 heteroatoms. The van der Waals surface area contributed by atoms with Crippen LogP contribution >= 0.6 is 0 Å². The van der Waals surface area contributed by atoms with E-state index in [1.807, 2.05) is 37.1 Å². The SMILES string of the molecule is CCOc1cccc(N2CCN(C(=O)[C@@H]3C[C@H](OC)CN3C)CC2)n1. The minimum Gasteiger partial charge on any atom is -0.478 e. The highest BCUT2D eigenvalue weighted by molar-refractivity contribution is 5.82. The van der Waals surface area contributed by atoms with E-state index in [0.717, 1.165) is 45.0 Å². The monoisotopic (exact) mass is 348 g/mol. The van der Waals surface area contributed by atoms with E-state index >= 15 is 0 Å². The number of nitrogens with zero attached hydrogens (tertiary/aromatic N) is 4. The number of carbonyl (C=O) groups excluding carboxylic acids is 1. The molecule has 3 heterocycles. The first-order chi connectivity index (χ1) is 12.1. The molecule has 0 saturated carbocycles. The summed E-state index contributed by atoms with van der Waals surface area (Å²) in [5, 5.41) is 0. The van der Waals surface area contributed by atoms with Gasteiger partial charge in [-0.15, -0.1) is 0 Å². The van der Waals surface area contributed by atoms with Crippen molar-refractivity contribution >= 4 is 11.7 Å². The predicted octanol–water partition coefficient (Wildman–Crippen LogP) is 0.848. The fourth-order valence-electron chi connectivity index (χ4n) is 3.59. The molecule has 1 aromatic heterocycles. The van der Waals surface area contributed by atoms with E-state index in [4.69, 9.17) is 9.47 Å². The highest BCUT2D eigenvalue weighted by Gasteiger charge is 2.37. The van der Waals surface area contributed by atoms with E-state index in [0.29, 0.717) is 12.5 Å². The molecule has 0 bridgehead atoms. The molecule has 1 amide bonds. The fourth-order valence-corrected chi connectivity index (χ4v) is 3.59. The number of aromatic nitrogens is 1. The Kier molecular flexibility index (Phi) is 5.75. The van der Waals surface area contributed by atoms with Gasteiger partial charge in [0, 0.05) is 45.9 Å². The predicted molar refractivity (Wildman–Crippen MR) is 96.0 cm³/mol. The van der Waals surface area contributed by atoms with Crippen molar-refractivity contribution in [3.05, 3.63) is 18.2 Å². The van der Waals surface area contributed by atoms with Crippen LogP contribution in [-0.4, -0.2) is 86.3 Å². The molecule has 0 aromatic carbocycles. The van der Waals surface area contributed by atoms with E-state index < -0.39 is 0 Å². The van der Waals surface area contributed by atoms with Crippen LogP contribution in [0.2, 0.25) is 0 Å². The van der Waals surface area contributed by atoms with Crippen LogP contribution in [0.3, 0.4) is 0 Å². The summed E-state index contributed by atoms with van der Waals surface area (Å²) in [6.45, 7) is 6.41. The van der Waals surface area contributed by atoms with Gasteiger partial charge in [-0.3, -0.25) is 9.69 Å². The van der Waals surface area contributed by atoms with Crippen molar-refractivity contribution in [1.82, 2.24) is 14.8 Å². The lowest BCUT2D eigenvalue weighted by molar-refractivity contribution is -0.135. The number of ether oxygens (including phenoxy) is 2. The average molecular weight is 348 g/mol. The smallest absolute Gasteiger partial charge is 0.240 e. The number of rotatable bonds is 5. The molecule has 2 aliphatic heterocycles. The largest absolute Gasteiger partial charge is 0.478 e. The van der Waals surface area contributed by atoms with Crippen molar-refractivity contribution in [2.45, 2.75) is 25.5 Å². The van der Waals surface area contributed by atoms with Gasteiger partial charge < -0.3 is 19.3 Å². The van der Waals surface area contributed by atoms with Crippen molar-refractivity contribution in [3.63, 3.8) is 0 Å². The first-order valence-corrected chi connectivity index (χ1v) is 8.99. The Morgan fingerprint density at radius 3 is 2.68 bits per heavy atom. The van der Waals surface area contributed by atoms with Crippen LogP contribution in [0.4, 0.5) is 5.82 Å². The van der Waals surface area contributed by atoms with E-state index in [1.54, 1.807) is 7.11 Å². The van der Waals surface area contributed by atoms with Gasteiger partial charge in [-0.25, -0.2) is 0 Å². The first-order valence-electron chi connectivity index (χ1n) is 8.99. The van der Waals surface area contributed by atoms with Crippen LogP contribution in [0.25, 0.3) is 0 Å². The van der Waals surface area contributed by atoms with Gasteiger partial charge in [-0.05, 0) is 26.5 Å². The lowest BCUT2D eigenvalue weighted by atomic mass is 10.1. The van der Waals surface area contributed by atoms with Crippen LogP contribution in [0.1, 0.15) is 13.3 Å². The molecular formula is C18H28N4O3. The molecular weight excluding hydrogens is 320 g/mol. The Labute approximate surface area is 149 Å². The summed E-state index contributed by atoms with van der Waals surface area (Å²) in [7, 11) is 3.72. The maximum absolute atomic E-state index is 12.8. The van der Waals surface area contributed by atoms with Gasteiger partial charge >= 0.3 is 0 Å². The molecule has 3 rings (SSSR count). The van der Waals surface area contributed by atoms with Gasteiger partial charge in [0.05, 0.1) is 18.8 Å². The third kappa shape index (κ3) is 4.04. The van der Waals surface area contributed by atoms with Crippen molar-refractivity contribution in [2.24, 2.45) is 0 Å². The van der Waals surface area contributed by atoms with Crippen LogP contribution in [-0.2, 0) is 9.53 Å². The number of piperazine rings is 1. The minimum atomic E-state index is -0.0593. The highest BCUT2D eigenvalue weighted by Crippen LogP contribution is 2.22. The number of hydrogen-bond donors (Lipinski definition) is 0. The number of likely N-dealkylation sites (tertiary alicyclic amines) is 1. The van der Waals surface area contributed by atoms with Crippen molar-refractivity contribution in [1.29, 1.82) is 0 Å². The maximum Gasteiger partial charge on any atom is 0.240 e. The number of carbonyl (C=O) groups is 1. The molecule has 138 valence electrons. The van der Waals surface area contributed by atoms with Crippen molar-refractivity contribution < 1.29 is 14.3 Å². The summed E-state index contributed by atoms with van der Waals surface area (Å²) in [5.74, 6) is 1.78. The molecule has 1 aromatic rings. The average Bonchev–Trinajstić information content (AvgIpc) is 3.03. The first kappa shape index (κ1) is 17.9. The molecule has 2 aliphatic rings. The zero-order chi connectivity index (χ0) is 17.8. The van der Waals surface area contributed by atoms with Crippen molar-refractivity contribution in [3.8, 4) is 5.88 Å². The number of methoxy groups -OCH3 is 1. The molecule has 0 radical (unpaired) electrons. The van der Waals surface area contributed by atoms with Crippen LogP contribution in [0.5, 0.6) is 5.88 Å². The standard InChI is InChI=1S/C18H28N4O3/c1-4-25-17-7-5-6-16(19-17)21-8-10-22(11-9-21)18(23)15-12-14(24-3)13-20(15)2/h5-7,14-15H,4,8-13H2,1-3H3/t14-,15-/m0/s1. The second-order valence-corrected chi connectivity index (χ2v) is 6.63. The van der Waals surface area contributed by atoms with E-state index in [2.05, 4.69) is 14.8 Å². The van der Waals surface area contributed by atoms with Crippen molar-refractivity contribution in [2.75, 3.05) is 58.4 Å². The normalized spacial score (nSPS) is 24.6. The highest BCUT2D eigenvalue weighted by atomic mass is 16.5. The summed E-state index contributed by atoms with van der Waals surface area (Å²) >= 11 is 0. The third-order valence-electron chi connectivity index (χ3n) is 5.04. The van der Waals surface area contributed by atoms with Gasteiger partial charge in [0.15, 0.2) is 0 Å². The summed E-state index contributed by atoms with van der Waals surface area (Å²) in [6.07, 6.45) is 0.940. The summed E-state index contributed by atoms with van der Waals surface area (Å²) in [6, 6.07) is 5.77. The summed E-state index contributed by atoms with van der Waals surface area (Å²) in [5.41, 5.74) is 0. The van der Waals surface area contributed by atoms with E-state index in [-0.39, 0.29) is 18.1 Å². The number of amides is 1. The Morgan fingerprint density at radius 1 is 1.28 bits per heavy atom. The molecule has 0 spiro atoms. The van der Waals surface area contributed by atoms with E-state index in [9.17, 15) is 4.79 Å². The molecule has 2 saturated heterocycles. The molecule has 2 fully saturated rings. The zero-order valence-electron chi connectivity index (χ0n) is 15.4. The Balaban J connectivity index is 1.56. The second kappa shape index (κ2) is 8.01. The van der Waals surface area contributed by atoms with Gasteiger partial charge in [0.1, 0.15) is 5.82 Å². The van der Waals surface area contributed by atoms with Gasteiger partial charge in [-0.1, -0.05) is 6.07 Å². The number of pyridine rings is 1. The van der Waals surface area contributed by atoms with Gasteiger partial charge in [-0.2, -0.15) is 4.98 Å². The molecule has 2 atom stereocenters. The summed E-state index contributed by atoms with van der Waals surface area (Å²) in [4.78, 5) is 23.7. The van der Waals surface area contributed by atoms with Crippen LogP contribution in [0.15, 0.2) is 18.2 Å². The topological polar surface area (TPSA) is 58.1 Å². The molecule has 0 N–H and O–H groups in total. The van der Waals surface area contributed by atoms with Gasteiger partial charge in [0.25, 0.3) is 0 Å². The quantitative estimate of drug-likeness (QED) is 0.786. The molecule has 7 nitrogen and oxygen atoms in total. The van der Waals surface area contributed by atoms with Crippen LogP contribution in [0, 0.1) is 0 Å². The number of likely N-dealkylation sites (N-methyl/N-ethyl adjacent to an activating group) is 1.